The molecule has 0 atom stereocenters. The van der Waals surface area contributed by atoms with Crippen molar-refractivity contribution in [3.05, 3.63) is 71.6 Å². The maximum Gasteiger partial charge on any atom is 0.416 e. The summed E-state index contributed by atoms with van der Waals surface area (Å²) >= 11 is 0. The Hall–Kier alpha value is -3.36. The zero-order valence-corrected chi connectivity index (χ0v) is 14.1. The molecule has 0 fully saturated rings. The Morgan fingerprint density at radius 3 is 2.74 bits per heavy atom. The molecule has 0 bridgehead atoms. The first-order chi connectivity index (χ1) is 12.8. The van der Waals surface area contributed by atoms with Crippen LogP contribution >= 0.6 is 0 Å². The number of rotatable bonds is 5. The van der Waals surface area contributed by atoms with Gasteiger partial charge in [0.2, 0.25) is 11.6 Å². The van der Waals surface area contributed by atoms with E-state index in [9.17, 15) is 18.0 Å². The van der Waals surface area contributed by atoms with Crippen LogP contribution in [0.2, 0.25) is 0 Å². The van der Waals surface area contributed by atoms with Gasteiger partial charge in [-0.15, -0.1) is 0 Å². The average molecular weight is 377 g/mol. The molecule has 0 saturated heterocycles. The first kappa shape index (κ1) is 18.4. The fourth-order valence-electron chi connectivity index (χ4n) is 2.27. The number of pyridine rings is 1. The van der Waals surface area contributed by atoms with E-state index in [4.69, 9.17) is 9.15 Å². The van der Waals surface area contributed by atoms with Crippen molar-refractivity contribution in [1.29, 1.82) is 0 Å². The van der Waals surface area contributed by atoms with Crippen molar-refractivity contribution in [2.75, 3.05) is 0 Å². The van der Waals surface area contributed by atoms with Gasteiger partial charge in [0.1, 0.15) is 5.75 Å². The molecular weight excluding hydrogens is 363 g/mol. The summed E-state index contributed by atoms with van der Waals surface area (Å²) in [7, 11) is 0. The zero-order chi connectivity index (χ0) is 19.4. The van der Waals surface area contributed by atoms with Crippen molar-refractivity contribution in [2.24, 2.45) is 0 Å². The van der Waals surface area contributed by atoms with Crippen LogP contribution in [0.15, 0.2) is 53.4 Å². The molecular formula is C18H14F3N3O3. The molecule has 1 amide bonds. The molecule has 1 N–H and O–H groups in total. The quantitative estimate of drug-likeness (QED) is 0.724. The Morgan fingerprint density at radius 1 is 1.22 bits per heavy atom. The molecule has 27 heavy (non-hydrogen) atoms. The van der Waals surface area contributed by atoms with Crippen LogP contribution in [0.1, 0.15) is 27.4 Å². The van der Waals surface area contributed by atoms with Crippen LogP contribution in [-0.4, -0.2) is 15.9 Å². The van der Waals surface area contributed by atoms with E-state index in [0.29, 0.717) is 11.3 Å². The number of hydrogen-bond acceptors (Lipinski definition) is 5. The van der Waals surface area contributed by atoms with E-state index in [1.807, 2.05) is 0 Å². The highest BCUT2D eigenvalue weighted by molar-refractivity contribution is 5.92. The second-order valence-electron chi connectivity index (χ2n) is 5.54. The highest BCUT2D eigenvalue weighted by Crippen LogP contribution is 2.32. The molecule has 140 valence electrons. The SMILES string of the molecule is Cc1ncoc1C(=O)NCc1cccnc1Oc1cccc(C(F)(F)F)c1. The van der Waals surface area contributed by atoms with Gasteiger partial charge in [0.05, 0.1) is 11.3 Å². The maximum atomic E-state index is 12.8. The number of nitrogens with zero attached hydrogens (tertiary/aromatic N) is 2. The van der Waals surface area contributed by atoms with Gasteiger partial charge in [0.15, 0.2) is 6.39 Å². The van der Waals surface area contributed by atoms with Crippen LogP contribution in [0, 0.1) is 6.92 Å². The standard InChI is InChI=1S/C18H14F3N3O3/c1-11-15(26-10-24-11)16(25)23-9-12-4-3-7-22-17(12)27-14-6-2-5-13(8-14)18(19,20)21/h2-8,10H,9H2,1H3,(H,23,25). The highest BCUT2D eigenvalue weighted by atomic mass is 19.4. The first-order valence-electron chi connectivity index (χ1n) is 7.82. The lowest BCUT2D eigenvalue weighted by molar-refractivity contribution is -0.137. The van der Waals surface area contributed by atoms with Crippen LogP contribution in [-0.2, 0) is 12.7 Å². The van der Waals surface area contributed by atoms with Crippen molar-refractivity contribution in [3.63, 3.8) is 0 Å². The smallest absolute Gasteiger partial charge is 0.416 e. The minimum atomic E-state index is -4.48. The van der Waals surface area contributed by atoms with Gasteiger partial charge in [-0.2, -0.15) is 13.2 Å². The number of oxazole rings is 1. The van der Waals surface area contributed by atoms with Gasteiger partial charge in [-0.25, -0.2) is 9.97 Å². The van der Waals surface area contributed by atoms with Crippen molar-refractivity contribution >= 4 is 5.91 Å². The second kappa shape index (κ2) is 7.48. The summed E-state index contributed by atoms with van der Waals surface area (Å²) in [6.45, 7) is 1.67. The minimum absolute atomic E-state index is 0.0119. The fourth-order valence-corrected chi connectivity index (χ4v) is 2.27. The third-order valence-corrected chi connectivity index (χ3v) is 3.62. The van der Waals surface area contributed by atoms with Gasteiger partial charge in [-0.3, -0.25) is 4.79 Å². The molecule has 0 aliphatic rings. The molecule has 6 nitrogen and oxygen atoms in total. The van der Waals surface area contributed by atoms with Crippen LogP contribution < -0.4 is 10.1 Å². The van der Waals surface area contributed by atoms with Crippen molar-refractivity contribution in [1.82, 2.24) is 15.3 Å². The Bertz CT molecular complexity index is 954. The molecule has 0 saturated carbocycles. The highest BCUT2D eigenvalue weighted by Gasteiger charge is 2.30. The van der Waals surface area contributed by atoms with E-state index < -0.39 is 17.6 Å². The maximum absolute atomic E-state index is 12.8. The van der Waals surface area contributed by atoms with Gasteiger partial charge in [0.25, 0.3) is 5.91 Å². The molecule has 2 heterocycles. The van der Waals surface area contributed by atoms with Gasteiger partial charge >= 0.3 is 6.18 Å². The third-order valence-electron chi connectivity index (χ3n) is 3.62. The number of carbonyl (C=O) groups is 1. The van der Waals surface area contributed by atoms with Gasteiger partial charge in [-0.05, 0) is 31.2 Å². The van der Waals surface area contributed by atoms with E-state index in [0.717, 1.165) is 18.5 Å². The predicted octanol–water partition coefficient (Wildman–Crippen LogP) is 4.12. The molecule has 0 radical (unpaired) electrons. The van der Waals surface area contributed by atoms with Gasteiger partial charge in [0, 0.05) is 18.3 Å². The normalized spacial score (nSPS) is 11.3. The summed E-state index contributed by atoms with van der Waals surface area (Å²) in [5.74, 6) is -0.313. The van der Waals surface area contributed by atoms with Crippen LogP contribution in [0.3, 0.4) is 0 Å². The lowest BCUT2D eigenvalue weighted by Crippen LogP contribution is -2.23. The summed E-state index contributed by atoms with van der Waals surface area (Å²) in [6.07, 6.45) is -1.87. The number of hydrogen-bond donors (Lipinski definition) is 1. The molecule has 9 heteroatoms. The molecule has 3 rings (SSSR count). The van der Waals surface area contributed by atoms with Gasteiger partial charge < -0.3 is 14.5 Å². The number of ether oxygens (including phenoxy) is 1. The Balaban J connectivity index is 1.75. The van der Waals surface area contributed by atoms with E-state index in [2.05, 4.69) is 15.3 Å². The van der Waals surface area contributed by atoms with Crippen LogP contribution in [0.5, 0.6) is 11.6 Å². The first-order valence-corrected chi connectivity index (χ1v) is 7.82. The Morgan fingerprint density at radius 2 is 2.04 bits per heavy atom. The predicted molar refractivity (Wildman–Crippen MR) is 88.2 cm³/mol. The minimum Gasteiger partial charge on any atom is -0.439 e. The lowest BCUT2D eigenvalue weighted by atomic mass is 10.2. The van der Waals surface area contributed by atoms with Crippen molar-refractivity contribution < 1.29 is 27.1 Å². The molecule has 2 aromatic heterocycles. The number of amides is 1. The molecule has 1 aromatic carbocycles. The molecule has 0 unspecified atom stereocenters. The molecule has 0 aliphatic heterocycles. The van der Waals surface area contributed by atoms with Crippen LogP contribution in [0.4, 0.5) is 13.2 Å². The monoisotopic (exact) mass is 377 g/mol. The van der Waals surface area contributed by atoms with E-state index in [1.165, 1.54) is 18.3 Å². The number of benzene rings is 1. The number of alkyl halides is 3. The number of halogens is 3. The molecule has 3 aromatic rings. The number of carbonyl (C=O) groups excluding carboxylic acids is 1. The van der Waals surface area contributed by atoms with Crippen molar-refractivity contribution in [2.45, 2.75) is 19.6 Å². The number of nitrogens with one attached hydrogen (secondary N) is 1. The van der Waals surface area contributed by atoms with E-state index in [-0.39, 0.29) is 23.9 Å². The molecule has 0 spiro atoms. The Kier molecular flexibility index (Phi) is 5.11. The lowest BCUT2D eigenvalue weighted by Gasteiger charge is -2.12. The van der Waals surface area contributed by atoms with Crippen LogP contribution in [0.25, 0.3) is 0 Å². The third kappa shape index (κ3) is 4.43. The van der Waals surface area contributed by atoms with E-state index in [1.54, 1.807) is 19.1 Å². The van der Waals surface area contributed by atoms with E-state index >= 15 is 0 Å². The fraction of sp³-hybridized carbons (Fsp3) is 0.167. The second-order valence-corrected chi connectivity index (χ2v) is 5.54. The topological polar surface area (TPSA) is 77.3 Å². The summed E-state index contributed by atoms with van der Waals surface area (Å²) in [5.41, 5.74) is 0.103. The summed E-state index contributed by atoms with van der Waals surface area (Å²) < 4.78 is 49.0. The van der Waals surface area contributed by atoms with Crippen molar-refractivity contribution in [3.8, 4) is 11.6 Å². The average Bonchev–Trinajstić information content (AvgIpc) is 3.06. The largest absolute Gasteiger partial charge is 0.439 e. The van der Waals surface area contributed by atoms with Gasteiger partial charge in [-0.1, -0.05) is 12.1 Å². The number of aryl methyl sites for hydroxylation is 1. The molecule has 0 aliphatic carbocycles. The summed E-state index contributed by atoms with van der Waals surface area (Å²) in [4.78, 5) is 20.0. The Labute approximate surface area is 152 Å². The summed E-state index contributed by atoms with van der Waals surface area (Å²) in [6, 6.07) is 7.74. The zero-order valence-electron chi connectivity index (χ0n) is 14.1. The number of aromatic nitrogens is 2. The summed E-state index contributed by atoms with van der Waals surface area (Å²) in [5, 5.41) is 2.63.